The summed E-state index contributed by atoms with van der Waals surface area (Å²) in [5.74, 6) is -0.749. The zero-order chi connectivity index (χ0) is 28.1. The second-order valence-electron chi connectivity index (χ2n) is 9.45. The van der Waals surface area contributed by atoms with E-state index in [1.807, 2.05) is 6.07 Å². The van der Waals surface area contributed by atoms with Crippen molar-refractivity contribution in [1.82, 2.24) is 0 Å². The number of amides is 1. The Kier molecular flexibility index (Phi) is 8.32. The lowest BCUT2D eigenvalue weighted by Gasteiger charge is -2.25. The zero-order valence-corrected chi connectivity index (χ0v) is 23.8. The van der Waals surface area contributed by atoms with Gasteiger partial charge in [0.25, 0.3) is 15.9 Å². The maximum atomic E-state index is 13.6. The van der Waals surface area contributed by atoms with E-state index in [0.717, 1.165) is 41.7 Å². The number of benzene rings is 3. The number of fused-ring (bicyclic) bond motifs is 1. The van der Waals surface area contributed by atoms with Gasteiger partial charge in [0, 0.05) is 10.4 Å². The maximum absolute atomic E-state index is 13.6. The lowest BCUT2D eigenvalue weighted by atomic mass is 9.95. The van der Waals surface area contributed by atoms with Crippen LogP contribution in [0, 0.1) is 0 Å². The molecule has 1 heterocycles. The van der Waals surface area contributed by atoms with E-state index in [9.17, 15) is 18.0 Å². The van der Waals surface area contributed by atoms with Crippen molar-refractivity contribution >= 4 is 43.9 Å². The molecule has 0 saturated heterocycles. The summed E-state index contributed by atoms with van der Waals surface area (Å²) >= 11 is 1.44. The summed E-state index contributed by atoms with van der Waals surface area (Å²) in [6, 6.07) is 24.1. The van der Waals surface area contributed by atoms with Gasteiger partial charge >= 0.3 is 5.97 Å². The number of nitrogens with one attached hydrogen (secondary N) is 1. The lowest BCUT2D eigenvalue weighted by molar-refractivity contribution is 0.0526. The zero-order valence-electron chi connectivity index (χ0n) is 22.1. The summed E-state index contributed by atoms with van der Waals surface area (Å²) in [6.07, 6.45) is 3.75. The molecule has 206 valence electrons. The van der Waals surface area contributed by atoms with E-state index in [-0.39, 0.29) is 24.0 Å². The van der Waals surface area contributed by atoms with Crippen LogP contribution in [0.25, 0.3) is 0 Å². The van der Waals surface area contributed by atoms with Crippen molar-refractivity contribution in [3.05, 3.63) is 112 Å². The normalized spacial score (nSPS) is 12.8. The summed E-state index contributed by atoms with van der Waals surface area (Å²) in [7, 11) is -3.83. The highest BCUT2D eigenvalue weighted by atomic mass is 32.2. The van der Waals surface area contributed by atoms with Crippen LogP contribution >= 0.6 is 11.3 Å². The number of para-hydroxylation sites is 1. The Bertz CT molecular complexity index is 1600. The van der Waals surface area contributed by atoms with Gasteiger partial charge in [-0.3, -0.25) is 9.10 Å². The molecule has 40 heavy (non-hydrogen) atoms. The second kappa shape index (κ2) is 12.1. The quantitative estimate of drug-likeness (QED) is 0.232. The van der Waals surface area contributed by atoms with Gasteiger partial charge in [0.15, 0.2) is 0 Å². The highest BCUT2D eigenvalue weighted by Gasteiger charge is 2.28. The minimum Gasteiger partial charge on any atom is -0.462 e. The van der Waals surface area contributed by atoms with Crippen molar-refractivity contribution in [1.29, 1.82) is 0 Å². The predicted molar refractivity (Wildman–Crippen MR) is 158 cm³/mol. The number of esters is 1. The SMILES string of the molecule is CCOC(=O)c1c(NC(=O)c2ccc(CN(c3ccccc3)S(=O)(=O)c3ccccc3)cc2)sc2c1CCCC2. The summed E-state index contributed by atoms with van der Waals surface area (Å²) in [5, 5.41) is 3.44. The number of carbonyl (C=O) groups is 2. The Morgan fingerprint density at radius 2 is 1.55 bits per heavy atom. The molecule has 0 unspecified atom stereocenters. The molecular weight excluding hydrogens is 544 g/mol. The molecule has 0 radical (unpaired) electrons. The molecule has 0 bridgehead atoms. The number of hydrogen-bond acceptors (Lipinski definition) is 6. The summed E-state index contributed by atoms with van der Waals surface area (Å²) in [4.78, 5) is 27.3. The fourth-order valence-electron chi connectivity index (χ4n) is 4.80. The summed E-state index contributed by atoms with van der Waals surface area (Å²) in [5.41, 5.74) is 3.12. The molecule has 0 saturated carbocycles. The van der Waals surface area contributed by atoms with Crippen molar-refractivity contribution in [3.8, 4) is 0 Å². The van der Waals surface area contributed by atoms with Gasteiger partial charge < -0.3 is 10.1 Å². The molecule has 1 aliphatic carbocycles. The first-order valence-electron chi connectivity index (χ1n) is 13.2. The molecule has 1 amide bonds. The van der Waals surface area contributed by atoms with E-state index >= 15 is 0 Å². The minimum atomic E-state index is -3.83. The van der Waals surface area contributed by atoms with Crippen LogP contribution < -0.4 is 9.62 Å². The van der Waals surface area contributed by atoms with Gasteiger partial charge in [-0.05, 0) is 80.1 Å². The first-order chi connectivity index (χ1) is 19.4. The molecular formula is C31H30N2O5S2. The Labute approximate surface area is 238 Å². The monoisotopic (exact) mass is 574 g/mol. The highest BCUT2D eigenvalue weighted by molar-refractivity contribution is 7.92. The number of anilines is 2. The van der Waals surface area contributed by atoms with E-state index in [1.54, 1.807) is 85.8 Å². The van der Waals surface area contributed by atoms with Crippen LogP contribution in [0.3, 0.4) is 0 Å². The minimum absolute atomic E-state index is 0.0911. The number of carbonyl (C=O) groups excluding carboxylic acids is 2. The molecule has 4 aromatic rings. The van der Waals surface area contributed by atoms with Gasteiger partial charge in [0.05, 0.1) is 29.3 Å². The van der Waals surface area contributed by atoms with Crippen molar-refractivity contribution in [2.24, 2.45) is 0 Å². The Balaban J connectivity index is 1.38. The Hall–Kier alpha value is -3.95. The average Bonchev–Trinajstić information content (AvgIpc) is 3.35. The van der Waals surface area contributed by atoms with Crippen molar-refractivity contribution in [3.63, 3.8) is 0 Å². The number of aryl methyl sites for hydroxylation is 1. The van der Waals surface area contributed by atoms with E-state index in [4.69, 9.17) is 4.74 Å². The molecule has 1 aliphatic rings. The van der Waals surface area contributed by atoms with Crippen LogP contribution in [-0.2, 0) is 34.1 Å². The number of nitrogens with zero attached hydrogens (tertiary/aromatic N) is 1. The molecule has 5 rings (SSSR count). The third kappa shape index (κ3) is 5.80. The molecule has 9 heteroatoms. The van der Waals surface area contributed by atoms with E-state index in [2.05, 4.69) is 5.32 Å². The highest BCUT2D eigenvalue weighted by Crippen LogP contribution is 2.39. The van der Waals surface area contributed by atoms with Gasteiger partial charge in [0.1, 0.15) is 5.00 Å². The van der Waals surface area contributed by atoms with Gasteiger partial charge in [-0.25, -0.2) is 13.2 Å². The number of thiophene rings is 1. The molecule has 0 spiro atoms. The fraction of sp³-hybridized carbons (Fsp3) is 0.226. The van der Waals surface area contributed by atoms with Crippen LogP contribution in [0.1, 0.15) is 56.5 Å². The molecule has 7 nitrogen and oxygen atoms in total. The summed E-state index contributed by atoms with van der Waals surface area (Å²) in [6.45, 7) is 2.12. The molecule has 0 fully saturated rings. The number of rotatable bonds is 9. The number of ether oxygens (including phenoxy) is 1. The van der Waals surface area contributed by atoms with E-state index in [1.165, 1.54) is 15.6 Å². The third-order valence-electron chi connectivity index (χ3n) is 6.80. The van der Waals surface area contributed by atoms with Gasteiger partial charge in [-0.2, -0.15) is 0 Å². The average molecular weight is 575 g/mol. The standard InChI is InChI=1S/C31H30N2O5S2/c1-2-38-31(35)28-26-15-9-10-16-27(26)39-30(28)32-29(34)23-19-17-22(18-20-23)21-33(24-11-5-3-6-12-24)40(36,37)25-13-7-4-8-14-25/h3-8,11-14,17-20H,2,9-10,15-16,21H2,1H3,(H,32,34). The number of hydrogen-bond donors (Lipinski definition) is 1. The van der Waals surface area contributed by atoms with Gasteiger partial charge in [0.2, 0.25) is 0 Å². The van der Waals surface area contributed by atoms with E-state index < -0.39 is 16.0 Å². The van der Waals surface area contributed by atoms with Crippen LogP contribution in [-0.4, -0.2) is 26.9 Å². The molecule has 0 atom stereocenters. The smallest absolute Gasteiger partial charge is 0.341 e. The van der Waals surface area contributed by atoms with Crippen LogP contribution in [0.15, 0.2) is 89.8 Å². The summed E-state index contributed by atoms with van der Waals surface area (Å²) < 4.78 is 33.8. The van der Waals surface area contributed by atoms with E-state index in [0.29, 0.717) is 21.8 Å². The van der Waals surface area contributed by atoms with Crippen molar-refractivity contribution in [2.75, 3.05) is 16.2 Å². The topological polar surface area (TPSA) is 92.8 Å². The van der Waals surface area contributed by atoms with Crippen LogP contribution in [0.4, 0.5) is 10.7 Å². The Morgan fingerprint density at radius 1 is 0.900 bits per heavy atom. The number of sulfonamides is 1. The molecule has 0 aliphatic heterocycles. The first-order valence-corrected chi connectivity index (χ1v) is 15.5. The molecule has 3 aromatic carbocycles. The van der Waals surface area contributed by atoms with Crippen LogP contribution in [0.5, 0.6) is 0 Å². The lowest BCUT2D eigenvalue weighted by Crippen LogP contribution is -2.30. The Morgan fingerprint density at radius 3 is 2.23 bits per heavy atom. The first kappa shape index (κ1) is 27.6. The second-order valence-corrected chi connectivity index (χ2v) is 12.4. The molecule has 1 aromatic heterocycles. The third-order valence-corrected chi connectivity index (χ3v) is 9.79. The van der Waals surface area contributed by atoms with Gasteiger partial charge in [-0.1, -0.05) is 48.5 Å². The largest absolute Gasteiger partial charge is 0.462 e. The predicted octanol–water partition coefficient (Wildman–Crippen LogP) is 6.45. The van der Waals surface area contributed by atoms with Crippen molar-refractivity contribution < 1.29 is 22.7 Å². The maximum Gasteiger partial charge on any atom is 0.341 e. The molecule has 1 N–H and O–H groups in total. The van der Waals surface area contributed by atoms with Gasteiger partial charge in [-0.15, -0.1) is 11.3 Å². The van der Waals surface area contributed by atoms with Crippen LogP contribution in [0.2, 0.25) is 0 Å². The van der Waals surface area contributed by atoms with Crippen molar-refractivity contribution in [2.45, 2.75) is 44.0 Å². The fourth-order valence-corrected chi connectivity index (χ4v) is 7.55.